The van der Waals surface area contributed by atoms with E-state index < -0.39 is 0 Å². The molecule has 10 aromatic carbocycles. The minimum absolute atomic E-state index is 0.643. The van der Waals surface area contributed by atoms with E-state index in [1.165, 1.54) is 48.7 Å². The molecule has 0 N–H and O–H groups in total. The monoisotopic (exact) mass is 723 g/mol. The summed E-state index contributed by atoms with van der Waals surface area (Å²) >= 11 is 0. The van der Waals surface area contributed by atoms with Crippen LogP contribution in [0, 0.1) is 11.3 Å². The summed E-state index contributed by atoms with van der Waals surface area (Å²) in [7, 11) is 0. The lowest BCUT2D eigenvalue weighted by atomic mass is 9.87. The summed E-state index contributed by atoms with van der Waals surface area (Å²) in [6, 6.07) is 64.0. The lowest BCUT2D eigenvalue weighted by Gasteiger charge is -2.17. The van der Waals surface area contributed by atoms with Gasteiger partial charge in [-0.2, -0.15) is 5.26 Å². The lowest BCUT2D eigenvalue weighted by molar-refractivity contribution is 1.08. The molecule has 0 fully saturated rings. The van der Waals surface area contributed by atoms with Crippen LogP contribution in [0.1, 0.15) is 5.56 Å². The minimum Gasteiger partial charge on any atom is -0.309 e. The van der Waals surface area contributed by atoms with Gasteiger partial charge in [0, 0.05) is 33.2 Å². The van der Waals surface area contributed by atoms with Gasteiger partial charge in [-0.1, -0.05) is 133 Å². The number of hydrogen-bond acceptors (Lipinski definition) is 4. The number of aromatic nitrogens is 4. The van der Waals surface area contributed by atoms with Gasteiger partial charge in [-0.25, -0.2) is 15.0 Å². The van der Waals surface area contributed by atoms with Gasteiger partial charge in [-0.05, 0) is 96.7 Å². The number of benzene rings is 10. The highest BCUT2D eigenvalue weighted by Gasteiger charge is 2.22. The first-order valence-electron chi connectivity index (χ1n) is 19.1. The Hall–Kier alpha value is -7.94. The highest BCUT2D eigenvalue weighted by Crippen LogP contribution is 2.45. The molecule has 0 spiro atoms. The predicted octanol–water partition coefficient (Wildman–Crippen LogP) is 13.0. The van der Waals surface area contributed by atoms with Gasteiger partial charge in [-0.15, -0.1) is 0 Å². The summed E-state index contributed by atoms with van der Waals surface area (Å²) in [4.78, 5) is 15.2. The van der Waals surface area contributed by atoms with Gasteiger partial charge in [0.05, 0.1) is 22.7 Å². The highest BCUT2D eigenvalue weighted by atomic mass is 15.0. The Morgan fingerprint density at radius 1 is 0.386 bits per heavy atom. The van der Waals surface area contributed by atoms with Gasteiger partial charge in [0.2, 0.25) is 0 Å². The fourth-order valence-electron chi connectivity index (χ4n) is 9.02. The average molecular weight is 724 g/mol. The predicted molar refractivity (Wildman–Crippen MR) is 233 cm³/mol. The van der Waals surface area contributed by atoms with E-state index in [1.54, 1.807) is 0 Å². The molecule has 0 bridgehead atoms. The topological polar surface area (TPSA) is 67.4 Å². The molecule has 0 aliphatic heterocycles. The Bertz CT molecular complexity index is 3510. The van der Waals surface area contributed by atoms with Crippen molar-refractivity contribution in [3.05, 3.63) is 181 Å². The molecule has 0 radical (unpaired) electrons. The van der Waals surface area contributed by atoms with Crippen LogP contribution in [0.5, 0.6) is 0 Å². The third kappa shape index (κ3) is 4.71. The molecule has 0 aliphatic carbocycles. The smallest absolute Gasteiger partial charge is 0.164 e. The van der Waals surface area contributed by atoms with Gasteiger partial charge in [0.1, 0.15) is 0 Å². The Kier molecular flexibility index (Phi) is 6.63. The normalized spacial score (nSPS) is 11.8. The first kappa shape index (κ1) is 31.4. The Labute approximate surface area is 327 Å². The summed E-state index contributed by atoms with van der Waals surface area (Å²) in [6.45, 7) is 0. The Morgan fingerprint density at radius 2 is 0.877 bits per heavy atom. The standard InChI is InChI=1S/C52H29N5/c53-30-31-26-36-16-17-37-28-38(29-45-49(37)48(36)44(27-31)57(45)39-14-8-3-9-15-39)40-22-18-32-20-24-42-43(25-21-33-19-23-41(40)46(32)47(33)42)52-55-50(34-10-4-1-5-11-34)54-51(56-52)35-12-6-2-7-13-35/h1-29H. The lowest BCUT2D eigenvalue weighted by Crippen LogP contribution is -2.00. The third-order valence-corrected chi connectivity index (χ3v) is 11.5. The van der Waals surface area contributed by atoms with Crippen molar-refractivity contribution in [1.29, 1.82) is 5.26 Å². The van der Waals surface area contributed by atoms with Crippen LogP contribution in [0.2, 0.25) is 0 Å². The zero-order chi connectivity index (χ0) is 37.6. The summed E-state index contributed by atoms with van der Waals surface area (Å²) < 4.78 is 2.32. The van der Waals surface area contributed by atoms with E-state index in [4.69, 9.17) is 15.0 Å². The Morgan fingerprint density at radius 3 is 1.49 bits per heavy atom. The maximum atomic E-state index is 9.99. The number of rotatable bonds is 5. The van der Waals surface area contributed by atoms with E-state index in [1.807, 2.05) is 78.9 Å². The Balaban J connectivity index is 1.11. The van der Waals surface area contributed by atoms with Crippen molar-refractivity contribution in [2.45, 2.75) is 0 Å². The summed E-state index contributed by atoms with van der Waals surface area (Å²) in [5.74, 6) is 1.93. The molecular weight excluding hydrogens is 695 g/mol. The van der Waals surface area contributed by atoms with Crippen LogP contribution in [0.15, 0.2) is 176 Å². The van der Waals surface area contributed by atoms with Crippen LogP contribution in [0.4, 0.5) is 0 Å². The first-order chi connectivity index (χ1) is 28.2. The zero-order valence-corrected chi connectivity index (χ0v) is 30.5. The van der Waals surface area contributed by atoms with Crippen LogP contribution >= 0.6 is 0 Å². The van der Waals surface area contributed by atoms with Gasteiger partial charge < -0.3 is 4.57 Å². The number of nitriles is 1. The van der Waals surface area contributed by atoms with E-state index in [-0.39, 0.29) is 0 Å². The number of para-hydroxylation sites is 1. The molecule has 0 amide bonds. The molecule has 0 saturated carbocycles. The van der Waals surface area contributed by atoms with Crippen LogP contribution in [0.25, 0.3) is 116 Å². The van der Waals surface area contributed by atoms with Gasteiger partial charge in [0.15, 0.2) is 17.5 Å². The summed E-state index contributed by atoms with van der Waals surface area (Å²) in [5.41, 5.74) is 9.05. The largest absolute Gasteiger partial charge is 0.309 e. The molecule has 57 heavy (non-hydrogen) atoms. The molecule has 5 nitrogen and oxygen atoms in total. The van der Waals surface area contributed by atoms with E-state index in [2.05, 4.69) is 108 Å². The fourth-order valence-corrected chi connectivity index (χ4v) is 9.02. The molecule has 0 aliphatic rings. The summed E-state index contributed by atoms with van der Waals surface area (Å²) in [5, 5.41) is 21.7. The van der Waals surface area contributed by atoms with Gasteiger partial charge in [-0.3, -0.25) is 0 Å². The van der Waals surface area contributed by atoms with E-state index in [0.717, 1.165) is 49.7 Å². The fraction of sp³-hybridized carbons (Fsp3) is 0. The second-order valence-corrected chi connectivity index (χ2v) is 14.7. The van der Waals surface area contributed by atoms with Crippen LogP contribution < -0.4 is 0 Å². The van der Waals surface area contributed by atoms with Crippen molar-refractivity contribution in [1.82, 2.24) is 19.5 Å². The second kappa shape index (κ2) is 12.0. The molecule has 0 atom stereocenters. The second-order valence-electron chi connectivity index (χ2n) is 14.7. The molecule has 2 heterocycles. The van der Waals surface area contributed by atoms with Crippen molar-refractivity contribution >= 4 is 64.9 Å². The van der Waals surface area contributed by atoms with Crippen molar-refractivity contribution in [3.63, 3.8) is 0 Å². The molecule has 2 aromatic heterocycles. The van der Waals surface area contributed by atoms with Crippen LogP contribution in [0.3, 0.4) is 0 Å². The van der Waals surface area contributed by atoms with E-state index in [0.29, 0.717) is 23.0 Å². The number of hydrogen-bond donors (Lipinski definition) is 0. The SMILES string of the molecule is N#Cc1cc2ccc3cc(-c4ccc5ccc6c(-c7nc(-c8ccccc8)nc(-c8ccccc8)n7)ccc7ccc4c5c76)cc4c3c2c(c1)n4-c1ccccc1. The van der Waals surface area contributed by atoms with Gasteiger partial charge in [0.25, 0.3) is 0 Å². The van der Waals surface area contributed by atoms with Crippen molar-refractivity contribution in [2.75, 3.05) is 0 Å². The highest BCUT2D eigenvalue weighted by molar-refractivity contribution is 6.29. The van der Waals surface area contributed by atoms with E-state index in [9.17, 15) is 5.26 Å². The molecule has 0 saturated heterocycles. The van der Waals surface area contributed by atoms with Crippen LogP contribution in [-0.4, -0.2) is 19.5 Å². The zero-order valence-electron chi connectivity index (χ0n) is 30.5. The molecular formula is C52H29N5. The maximum absolute atomic E-state index is 9.99. The molecule has 12 rings (SSSR count). The van der Waals surface area contributed by atoms with Crippen LogP contribution in [-0.2, 0) is 0 Å². The third-order valence-electron chi connectivity index (χ3n) is 11.5. The molecule has 5 heteroatoms. The van der Waals surface area contributed by atoms with E-state index >= 15 is 0 Å². The van der Waals surface area contributed by atoms with Crippen molar-refractivity contribution in [2.24, 2.45) is 0 Å². The minimum atomic E-state index is 0.643. The quantitative estimate of drug-likeness (QED) is 0.166. The summed E-state index contributed by atoms with van der Waals surface area (Å²) in [6.07, 6.45) is 0. The van der Waals surface area contributed by atoms with Crippen molar-refractivity contribution in [3.8, 4) is 57.0 Å². The van der Waals surface area contributed by atoms with Crippen molar-refractivity contribution < 1.29 is 0 Å². The molecule has 12 aromatic rings. The molecule has 262 valence electrons. The maximum Gasteiger partial charge on any atom is 0.164 e. The average Bonchev–Trinajstić information content (AvgIpc) is 3.62. The van der Waals surface area contributed by atoms with Gasteiger partial charge >= 0.3 is 0 Å². The molecule has 0 unspecified atom stereocenters. The number of nitrogens with zero attached hydrogens (tertiary/aromatic N) is 5. The first-order valence-corrected chi connectivity index (χ1v) is 19.1.